The first kappa shape index (κ1) is 9.01. The molecule has 1 aromatic carbocycles. The summed E-state index contributed by atoms with van der Waals surface area (Å²) in [6.07, 6.45) is 4.18. The molecule has 0 amide bonds. The molecule has 64 valence electrons. The molecular formula is C11H15N. The van der Waals surface area contributed by atoms with Crippen LogP contribution in [-0.4, -0.2) is 6.54 Å². The zero-order valence-electron chi connectivity index (χ0n) is 7.40. The van der Waals surface area contributed by atoms with Crippen LogP contribution in [0, 0.1) is 0 Å². The van der Waals surface area contributed by atoms with Gasteiger partial charge in [-0.2, -0.15) is 0 Å². The summed E-state index contributed by atoms with van der Waals surface area (Å²) in [7, 11) is 0. The van der Waals surface area contributed by atoms with E-state index in [1.54, 1.807) is 0 Å². The van der Waals surface area contributed by atoms with E-state index in [0.717, 1.165) is 0 Å². The molecule has 0 heterocycles. The number of nitrogens with two attached hydrogens (primary N) is 1. The number of hydrogen-bond acceptors (Lipinski definition) is 1. The molecule has 0 bridgehead atoms. The highest BCUT2D eigenvalue weighted by Gasteiger charge is 2.02. The van der Waals surface area contributed by atoms with Crippen molar-refractivity contribution in [1.29, 1.82) is 0 Å². The molecular weight excluding hydrogens is 146 g/mol. The maximum absolute atomic E-state index is 5.64. The molecule has 0 spiro atoms. The predicted octanol–water partition coefficient (Wildman–Crippen LogP) is 2.31. The third-order valence-electron chi connectivity index (χ3n) is 1.91. The first-order valence-corrected chi connectivity index (χ1v) is 4.26. The number of rotatable bonds is 3. The average molecular weight is 161 g/mol. The van der Waals surface area contributed by atoms with Crippen LogP contribution in [0.1, 0.15) is 18.4 Å². The summed E-state index contributed by atoms with van der Waals surface area (Å²) in [5.74, 6) is 0.371. The third-order valence-corrected chi connectivity index (χ3v) is 1.91. The minimum absolute atomic E-state index is 0.371. The van der Waals surface area contributed by atoms with Crippen LogP contribution in [0.3, 0.4) is 0 Å². The highest BCUT2D eigenvalue weighted by atomic mass is 14.5. The summed E-state index contributed by atoms with van der Waals surface area (Å²) in [6.45, 7) is 2.69. The van der Waals surface area contributed by atoms with Crippen molar-refractivity contribution in [1.82, 2.24) is 0 Å². The molecule has 2 N–H and O–H groups in total. The highest BCUT2D eigenvalue weighted by Crippen LogP contribution is 2.14. The quantitative estimate of drug-likeness (QED) is 0.676. The molecule has 0 aliphatic heterocycles. The number of hydrogen-bond donors (Lipinski definition) is 1. The van der Waals surface area contributed by atoms with E-state index in [1.165, 1.54) is 5.56 Å². The van der Waals surface area contributed by atoms with Gasteiger partial charge in [0.15, 0.2) is 0 Å². The van der Waals surface area contributed by atoms with Gasteiger partial charge in [-0.1, -0.05) is 42.5 Å². The second kappa shape index (κ2) is 4.73. The summed E-state index contributed by atoms with van der Waals surface area (Å²) in [5, 5.41) is 0. The number of benzene rings is 1. The summed E-state index contributed by atoms with van der Waals surface area (Å²) in [4.78, 5) is 0. The second-order valence-electron chi connectivity index (χ2n) is 2.78. The maximum atomic E-state index is 5.64. The van der Waals surface area contributed by atoms with Crippen molar-refractivity contribution in [2.45, 2.75) is 12.8 Å². The Morgan fingerprint density at radius 2 is 2.00 bits per heavy atom. The van der Waals surface area contributed by atoms with Crippen LogP contribution in [0.15, 0.2) is 42.5 Å². The molecule has 0 radical (unpaired) electrons. The van der Waals surface area contributed by atoms with E-state index in [4.69, 9.17) is 5.73 Å². The topological polar surface area (TPSA) is 26.0 Å². The minimum Gasteiger partial charge on any atom is -0.330 e. The van der Waals surface area contributed by atoms with Gasteiger partial charge >= 0.3 is 0 Å². The van der Waals surface area contributed by atoms with Gasteiger partial charge in [-0.3, -0.25) is 0 Å². The molecule has 0 fully saturated rings. The molecule has 1 nitrogen and oxygen atoms in total. The Morgan fingerprint density at radius 1 is 1.33 bits per heavy atom. The van der Waals surface area contributed by atoms with E-state index in [9.17, 15) is 0 Å². The predicted molar refractivity (Wildman–Crippen MR) is 53.1 cm³/mol. The Balaban J connectivity index is 2.80. The third kappa shape index (κ3) is 2.21. The Morgan fingerprint density at radius 3 is 2.50 bits per heavy atom. The van der Waals surface area contributed by atoms with Crippen LogP contribution in [0.2, 0.25) is 0 Å². The van der Waals surface area contributed by atoms with Crippen molar-refractivity contribution in [2.24, 2.45) is 5.73 Å². The van der Waals surface area contributed by atoms with Crippen LogP contribution in [-0.2, 0) is 0 Å². The van der Waals surface area contributed by atoms with Gasteiger partial charge in [0.25, 0.3) is 0 Å². The Hall–Kier alpha value is -1.08. The molecule has 1 unspecified atom stereocenters. The monoisotopic (exact) mass is 161 g/mol. The van der Waals surface area contributed by atoms with Crippen LogP contribution in [0.4, 0.5) is 0 Å². The second-order valence-corrected chi connectivity index (χ2v) is 2.78. The Bertz CT molecular complexity index is 238. The van der Waals surface area contributed by atoms with Crippen molar-refractivity contribution >= 4 is 0 Å². The van der Waals surface area contributed by atoms with E-state index in [2.05, 4.69) is 18.2 Å². The first-order chi connectivity index (χ1) is 5.88. The van der Waals surface area contributed by atoms with E-state index in [1.807, 2.05) is 31.2 Å². The van der Waals surface area contributed by atoms with Gasteiger partial charge in [0.2, 0.25) is 0 Å². The Kier molecular flexibility index (Phi) is 3.55. The van der Waals surface area contributed by atoms with Crippen LogP contribution >= 0.6 is 0 Å². The van der Waals surface area contributed by atoms with Gasteiger partial charge in [0.05, 0.1) is 0 Å². The van der Waals surface area contributed by atoms with Gasteiger partial charge in [-0.25, -0.2) is 0 Å². The normalized spacial score (nSPS) is 13.5. The van der Waals surface area contributed by atoms with Crippen LogP contribution in [0.25, 0.3) is 0 Å². The van der Waals surface area contributed by atoms with Crippen LogP contribution in [0.5, 0.6) is 0 Å². The van der Waals surface area contributed by atoms with E-state index in [-0.39, 0.29) is 0 Å². The molecule has 1 atom stereocenters. The first-order valence-electron chi connectivity index (χ1n) is 4.26. The largest absolute Gasteiger partial charge is 0.330 e. The zero-order chi connectivity index (χ0) is 8.81. The lowest BCUT2D eigenvalue weighted by Gasteiger charge is -2.09. The summed E-state index contributed by atoms with van der Waals surface area (Å²) in [5.41, 5.74) is 6.93. The summed E-state index contributed by atoms with van der Waals surface area (Å²) >= 11 is 0. The molecule has 0 aliphatic carbocycles. The van der Waals surface area contributed by atoms with Gasteiger partial charge in [0, 0.05) is 12.5 Å². The minimum atomic E-state index is 0.371. The molecule has 0 aliphatic rings. The van der Waals surface area contributed by atoms with Crippen LogP contribution < -0.4 is 5.73 Å². The highest BCUT2D eigenvalue weighted by molar-refractivity contribution is 5.23. The fourth-order valence-corrected chi connectivity index (χ4v) is 1.26. The lowest BCUT2D eigenvalue weighted by molar-refractivity contribution is 0.848. The average Bonchev–Trinajstić information content (AvgIpc) is 2.15. The van der Waals surface area contributed by atoms with Crippen molar-refractivity contribution in [2.75, 3.05) is 6.54 Å². The molecule has 0 saturated carbocycles. The van der Waals surface area contributed by atoms with E-state index in [0.29, 0.717) is 12.5 Å². The molecule has 12 heavy (non-hydrogen) atoms. The molecule has 0 aromatic heterocycles. The van der Waals surface area contributed by atoms with Gasteiger partial charge in [0.1, 0.15) is 0 Å². The van der Waals surface area contributed by atoms with Gasteiger partial charge < -0.3 is 5.73 Å². The maximum Gasteiger partial charge on any atom is 0.0141 e. The standard InChI is InChI=1S/C11H15N/c1-2-6-11(9-12)10-7-4-3-5-8-10/h2-8,11H,9,12H2,1H3/b6-2+. The lowest BCUT2D eigenvalue weighted by Crippen LogP contribution is -2.09. The number of allylic oxidation sites excluding steroid dienone is 1. The molecule has 1 aromatic rings. The molecule has 1 heteroatoms. The zero-order valence-corrected chi connectivity index (χ0v) is 7.40. The van der Waals surface area contributed by atoms with Crippen molar-refractivity contribution in [3.05, 3.63) is 48.0 Å². The van der Waals surface area contributed by atoms with E-state index >= 15 is 0 Å². The smallest absolute Gasteiger partial charge is 0.0141 e. The fourth-order valence-electron chi connectivity index (χ4n) is 1.26. The lowest BCUT2D eigenvalue weighted by atomic mass is 9.99. The fraction of sp³-hybridized carbons (Fsp3) is 0.273. The molecule has 0 saturated heterocycles. The SMILES string of the molecule is C/C=C/C(CN)c1ccccc1. The van der Waals surface area contributed by atoms with Crippen molar-refractivity contribution in [3.63, 3.8) is 0 Å². The molecule has 1 rings (SSSR count). The van der Waals surface area contributed by atoms with Crippen molar-refractivity contribution in [3.8, 4) is 0 Å². The Labute approximate surface area is 73.9 Å². The van der Waals surface area contributed by atoms with E-state index < -0.39 is 0 Å². The summed E-state index contributed by atoms with van der Waals surface area (Å²) < 4.78 is 0. The van der Waals surface area contributed by atoms with Crippen molar-refractivity contribution < 1.29 is 0 Å². The van der Waals surface area contributed by atoms with Gasteiger partial charge in [-0.05, 0) is 12.5 Å². The van der Waals surface area contributed by atoms with Gasteiger partial charge in [-0.15, -0.1) is 0 Å². The summed E-state index contributed by atoms with van der Waals surface area (Å²) in [6, 6.07) is 10.3.